The van der Waals surface area contributed by atoms with Gasteiger partial charge in [-0.25, -0.2) is 5.43 Å². The molecule has 2 aromatic rings. The fourth-order valence-corrected chi connectivity index (χ4v) is 2.13. The van der Waals surface area contributed by atoms with Gasteiger partial charge in [0, 0.05) is 5.02 Å². The van der Waals surface area contributed by atoms with Crippen molar-refractivity contribution < 1.29 is 9.53 Å². The summed E-state index contributed by atoms with van der Waals surface area (Å²) >= 11 is 5.90. The molecular formula is C18H19ClN2O2. The van der Waals surface area contributed by atoms with Gasteiger partial charge in [-0.3, -0.25) is 4.79 Å². The molecule has 4 nitrogen and oxygen atoms in total. The Bertz CT molecular complexity index is 711. The number of halogens is 1. The normalized spacial score (nSPS) is 12.2. The van der Waals surface area contributed by atoms with Gasteiger partial charge in [-0.05, 0) is 50.1 Å². The van der Waals surface area contributed by atoms with Crippen molar-refractivity contribution in [2.45, 2.75) is 26.9 Å². The van der Waals surface area contributed by atoms with Crippen molar-refractivity contribution in [3.8, 4) is 5.75 Å². The second kappa shape index (κ2) is 7.79. The SMILES string of the molecule is Cc1ccc(C=NNC(=O)C(C)Oc2ccc(Cl)cc2C)cc1. The van der Waals surface area contributed by atoms with Gasteiger partial charge in [0.15, 0.2) is 6.10 Å². The summed E-state index contributed by atoms with van der Waals surface area (Å²) in [5.41, 5.74) is 5.44. The Morgan fingerprint density at radius 1 is 1.22 bits per heavy atom. The minimum Gasteiger partial charge on any atom is -0.481 e. The Kier molecular flexibility index (Phi) is 5.77. The van der Waals surface area contributed by atoms with Crippen molar-refractivity contribution in [3.63, 3.8) is 0 Å². The molecule has 1 unspecified atom stereocenters. The minimum atomic E-state index is -0.662. The van der Waals surface area contributed by atoms with Crippen molar-refractivity contribution in [2.24, 2.45) is 5.10 Å². The maximum Gasteiger partial charge on any atom is 0.280 e. The number of hydrazone groups is 1. The molecule has 0 aliphatic carbocycles. The molecule has 0 aliphatic heterocycles. The number of benzene rings is 2. The lowest BCUT2D eigenvalue weighted by Gasteiger charge is -2.14. The second-order valence-electron chi connectivity index (χ2n) is 5.31. The van der Waals surface area contributed by atoms with Gasteiger partial charge < -0.3 is 4.74 Å². The van der Waals surface area contributed by atoms with E-state index in [0.29, 0.717) is 10.8 Å². The van der Waals surface area contributed by atoms with Gasteiger partial charge in [-0.1, -0.05) is 41.4 Å². The highest BCUT2D eigenvalue weighted by Gasteiger charge is 2.15. The van der Waals surface area contributed by atoms with Crippen LogP contribution in [0.3, 0.4) is 0 Å². The molecule has 120 valence electrons. The molecule has 0 spiro atoms. The van der Waals surface area contributed by atoms with Crippen LogP contribution in [0.5, 0.6) is 5.75 Å². The average molecular weight is 331 g/mol. The summed E-state index contributed by atoms with van der Waals surface area (Å²) in [5, 5.41) is 4.58. The molecule has 0 radical (unpaired) electrons. The topological polar surface area (TPSA) is 50.7 Å². The van der Waals surface area contributed by atoms with Crippen LogP contribution in [0.4, 0.5) is 0 Å². The third-order valence-corrected chi connectivity index (χ3v) is 3.51. The number of amides is 1. The minimum absolute atomic E-state index is 0.317. The summed E-state index contributed by atoms with van der Waals surface area (Å²) in [6, 6.07) is 13.1. The number of aryl methyl sites for hydroxylation is 2. The van der Waals surface area contributed by atoms with Crippen molar-refractivity contribution in [1.82, 2.24) is 5.43 Å². The Balaban J connectivity index is 1.90. The fourth-order valence-electron chi connectivity index (χ4n) is 1.90. The molecular weight excluding hydrogens is 312 g/mol. The molecule has 2 aromatic carbocycles. The highest BCUT2D eigenvalue weighted by Crippen LogP contribution is 2.22. The zero-order valence-corrected chi connectivity index (χ0v) is 14.1. The largest absolute Gasteiger partial charge is 0.481 e. The monoisotopic (exact) mass is 330 g/mol. The number of nitrogens with zero attached hydrogens (tertiary/aromatic N) is 1. The molecule has 0 saturated heterocycles. The lowest BCUT2D eigenvalue weighted by Crippen LogP contribution is -2.33. The fraction of sp³-hybridized carbons (Fsp3) is 0.222. The molecule has 0 bridgehead atoms. The number of rotatable bonds is 5. The van der Waals surface area contributed by atoms with E-state index >= 15 is 0 Å². The Labute approximate surface area is 141 Å². The second-order valence-corrected chi connectivity index (χ2v) is 5.75. The lowest BCUT2D eigenvalue weighted by atomic mass is 10.2. The van der Waals surface area contributed by atoms with Crippen LogP contribution < -0.4 is 10.2 Å². The van der Waals surface area contributed by atoms with E-state index in [0.717, 1.165) is 11.1 Å². The van der Waals surface area contributed by atoms with Crippen LogP contribution in [0.2, 0.25) is 5.02 Å². The van der Waals surface area contributed by atoms with Crippen LogP contribution >= 0.6 is 11.6 Å². The summed E-state index contributed by atoms with van der Waals surface area (Å²) < 4.78 is 5.64. The van der Waals surface area contributed by atoms with Crippen LogP contribution in [0.25, 0.3) is 0 Å². The first-order chi connectivity index (χ1) is 11.0. The van der Waals surface area contributed by atoms with Gasteiger partial charge in [0.05, 0.1) is 6.21 Å². The van der Waals surface area contributed by atoms with E-state index in [1.807, 2.05) is 38.1 Å². The van der Waals surface area contributed by atoms with Crippen LogP contribution in [0, 0.1) is 13.8 Å². The van der Waals surface area contributed by atoms with E-state index in [2.05, 4.69) is 10.5 Å². The molecule has 0 aliphatic rings. The summed E-state index contributed by atoms with van der Waals surface area (Å²) in [6.07, 6.45) is 0.933. The zero-order chi connectivity index (χ0) is 16.8. The molecule has 2 rings (SSSR count). The van der Waals surface area contributed by atoms with Crippen molar-refractivity contribution in [2.75, 3.05) is 0 Å². The molecule has 0 saturated carbocycles. The predicted molar refractivity (Wildman–Crippen MR) is 93.2 cm³/mol. The summed E-state index contributed by atoms with van der Waals surface area (Å²) in [5.74, 6) is 0.308. The number of carbonyl (C=O) groups is 1. The molecule has 1 N–H and O–H groups in total. The Morgan fingerprint density at radius 3 is 2.57 bits per heavy atom. The number of hydrogen-bond acceptors (Lipinski definition) is 3. The maximum absolute atomic E-state index is 12.0. The number of nitrogens with one attached hydrogen (secondary N) is 1. The van der Waals surface area contributed by atoms with Gasteiger partial charge in [0.1, 0.15) is 5.75 Å². The third-order valence-electron chi connectivity index (χ3n) is 3.28. The van der Waals surface area contributed by atoms with Gasteiger partial charge in [-0.2, -0.15) is 5.10 Å². The van der Waals surface area contributed by atoms with Gasteiger partial charge in [-0.15, -0.1) is 0 Å². The average Bonchev–Trinajstić information content (AvgIpc) is 2.51. The lowest BCUT2D eigenvalue weighted by molar-refractivity contribution is -0.127. The highest BCUT2D eigenvalue weighted by atomic mass is 35.5. The summed E-state index contributed by atoms with van der Waals surface area (Å²) in [7, 11) is 0. The van der Waals surface area contributed by atoms with E-state index in [1.54, 1.807) is 31.3 Å². The third kappa shape index (κ3) is 5.11. The van der Waals surface area contributed by atoms with Crippen LogP contribution in [0.1, 0.15) is 23.6 Å². The number of carbonyl (C=O) groups excluding carboxylic acids is 1. The van der Waals surface area contributed by atoms with Crippen LogP contribution in [0.15, 0.2) is 47.6 Å². The number of ether oxygens (including phenoxy) is 1. The van der Waals surface area contributed by atoms with Crippen molar-refractivity contribution in [1.29, 1.82) is 0 Å². The van der Waals surface area contributed by atoms with Crippen molar-refractivity contribution in [3.05, 3.63) is 64.2 Å². The van der Waals surface area contributed by atoms with Gasteiger partial charge in [0.25, 0.3) is 5.91 Å². The Morgan fingerprint density at radius 2 is 1.91 bits per heavy atom. The number of hydrogen-bond donors (Lipinski definition) is 1. The van der Waals surface area contributed by atoms with Crippen LogP contribution in [-0.4, -0.2) is 18.2 Å². The summed E-state index contributed by atoms with van der Waals surface area (Å²) in [6.45, 7) is 5.56. The summed E-state index contributed by atoms with van der Waals surface area (Å²) in [4.78, 5) is 12.0. The quantitative estimate of drug-likeness (QED) is 0.668. The predicted octanol–water partition coefficient (Wildman–Crippen LogP) is 3.87. The standard InChI is InChI=1S/C18H19ClN2O2/c1-12-4-6-15(7-5-12)11-20-21-18(22)14(3)23-17-9-8-16(19)10-13(17)2/h4-11,14H,1-3H3,(H,21,22). The molecule has 5 heteroatoms. The van der Waals surface area contributed by atoms with Crippen molar-refractivity contribution >= 4 is 23.7 Å². The van der Waals surface area contributed by atoms with E-state index in [4.69, 9.17) is 16.3 Å². The first kappa shape index (κ1) is 17.0. The van der Waals surface area contributed by atoms with E-state index < -0.39 is 6.10 Å². The highest BCUT2D eigenvalue weighted by molar-refractivity contribution is 6.30. The van der Waals surface area contributed by atoms with E-state index in [9.17, 15) is 4.79 Å². The first-order valence-electron chi connectivity index (χ1n) is 7.28. The Hall–Kier alpha value is -2.33. The zero-order valence-electron chi connectivity index (χ0n) is 13.3. The van der Waals surface area contributed by atoms with E-state index in [-0.39, 0.29) is 5.91 Å². The molecule has 1 amide bonds. The molecule has 1 atom stereocenters. The van der Waals surface area contributed by atoms with Gasteiger partial charge in [0.2, 0.25) is 0 Å². The molecule has 23 heavy (non-hydrogen) atoms. The van der Waals surface area contributed by atoms with E-state index in [1.165, 1.54) is 5.56 Å². The molecule has 0 heterocycles. The molecule has 0 aromatic heterocycles. The maximum atomic E-state index is 12.0. The van der Waals surface area contributed by atoms with Crippen LogP contribution in [-0.2, 0) is 4.79 Å². The smallest absolute Gasteiger partial charge is 0.280 e. The van der Waals surface area contributed by atoms with Gasteiger partial charge >= 0.3 is 0 Å². The molecule has 0 fully saturated rings. The first-order valence-corrected chi connectivity index (χ1v) is 7.66.